The van der Waals surface area contributed by atoms with Gasteiger partial charge in [0, 0.05) is 6.42 Å². The summed E-state index contributed by atoms with van der Waals surface area (Å²) in [7, 11) is 1.63. The van der Waals surface area contributed by atoms with E-state index in [0.717, 1.165) is 11.3 Å². The van der Waals surface area contributed by atoms with Crippen molar-refractivity contribution in [3.8, 4) is 5.75 Å². The van der Waals surface area contributed by atoms with Crippen molar-refractivity contribution in [1.82, 2.24) is 10.1 Å². The molecule has 2 aromatic rings. The number of ether oxygens (including phenoxy) is 1. The average Bonchev–Trinajstić information content (AvgIpc) is 2.87. The number of carbonyl (C=O) groups is 1. The lowest BCUT2D eigenvalue weighted by Gasteiger charge is -2.12. The lowest BCUT2D eigenvalue weighted by atomic mass is 9.92. The van der Waals surface area contributed by atoms with Gasteiger partial charge in [-0.2, -0.15) is 4.98 Å². The van der Waals surface area contributed by atoms with Crippen molar-refractivity contribution in [2.75, 3.05) is 7.11 Å². The van der Waals surface area contributed by atoms with Crippen LogP contribution in [-0.4, -0.2) is 23.0 Å². The molecule has 1 aromatic heterocycles. The van der Waals surface area contributed by atoms with E-state index in [-0.39, 0.29) is 17.6 Å². The molecule has 21 heavy (non-hydrogen) atoms. The Balaban J connectivity index is 2.13. The van der Waals surface area contributed by atoms with E-state index in [4.69, 9.17) is 9.26 Å². The number of carbonyl (C=O) groups excluding carboxylic acids is 1. The zero-order chi connectivity index (χ0) is 15.4. The number of benzene rings is 1. The molecule has 1 aromatic carbocycles. The van der Waals surface area contributed by atoms with Crippen molar-refractivity contribution in [3.05, 3.63) is 41.5 Å². The van der Waals surface area contributed by atoms with Crippen LogP contribution in [0.4, 0.5) is 0 Å². The van der Waals surface area contributed by atoms with Gasteiger partial charge in [0.05, 0.1) is 13.0 Å². The fourth-order valence-electron chi connectivity index (χ4n) is 2.32. The van der Waals surface area contributed by atoms with Crippen molar-refractivity contribution in [2.45, 2.75) is 33.1 Å². The first-order chi connectivity index (χ1) is 10.0. The molecule has 112 valence electrons. The molecule has 0 N–H and O–H groups in total. The molecule has 0 radical (unpaired) electrons. The maximum atomic E-state index is 11.7. The van der Waals surface area contributed by atoms with Crippen LogP contribution in [0.2, 0.25) is 0 Å². The lowest BCUT2D eigenvalue weighted by molar-refractivity contribution is -0.119. The predicted octanol–water partition coefficient (Wildman–Crippen LogP) is 3.00. The Labute approximate surface area is 124 Å². The second-order valence-electron chi connectivity index (χ2n) is 5.41. The molecule has 5 nitrogen and oxygen atoms in total. The summed E-state index contributed by atoms with van der Waals surface area (Å²) in [6.45, 7) is 5.50. The minimum atomic E-state index is -0.331. The quantitative estimate of drug-likeness (QED) is 0.817. The summed E-state index contributed by atoms with van der Waals surface area (Å²) in [5.41, 5.74) is 1.06. The summed E-state index contributed by atoms with van der Waals surface area (Å²) in [4.78, 5) is 16.0. The summed E-state index contributed by atoms with van der Waals surface area (Å²) in [6.07, 6.45) is 0.566. The number of rotatable bonds is 6. The van der Waals surface area contributed by atoms with E-state index >= 15 is 0 Å². The zero-order valence-electron chi connectivity index (χ0n) is 12.8. The van der Waals surface area contributed by atoms with Gasteiger partial charge in [0.2, 0.25) is 5.89 Å². The molecule has 1 atom stereocenters. The van der Waals surface area contributed by atoms with Crippen LogP contribution in [0.3, 0.4) is 0 Å². The highest BCUT2D eigenvalue weighted by atomic mass is 16.5. The van der Waals surface area contributed by atoms with E-state index in [0.29, 0.717) is 18.1 Å². The Morgan fingerprint density at radius 3 is 2.48 bits per heavy atom. The number of hydrogen-bond donors (Lipinski definition) is 0. The Morgan fingerprint density at radius 1 is 1.29 bits per heavy atom. The van der Waals surface area contributed by atoms with Crippen LogP contribution >= 0.6 is 0 Å². The van der Waals surface area contributed by atoms with Crippen LogP contribution in [0.15, 0.2) is 28.8 Å². The average molecular weight is 288 g/mol. The van der Waals surface area contributed by atoms with E-state index in [9.17, 15) is 4.79 Å². The van der Waals surface area contributed by atoms with Crippen LogP contribution in [0.25, 0.3) is 0 Å². The van der Waals surface area contributed by atoms with Crippen LogP contribution in [0.5, 0.6) is 5.75 Å². The minimum absolute atomic E-state index is 0.0460. The number of nitrogens with zero attached hydrogens (tertiary/aromatic N) is 2. The molecular weight excluding hydrogens is 268 g/mol. The lowest BCUT2D eigenvalue weighted by Crippen LogP contribution is -2.15. The number of ketones is 1. The van der Waals surface area contributed by atoms with E-state index in [1.165, 1.54) is 0 Å². The van der Waals surface area contributed by atoms with Gasteiger partial charge in [-0.05, 0) is 30.5 Å². The van der Waals surface area contributed by atoms with E-state index in [1.807, 2.05) is 38.1 Å². The molecule has 0 aliphatic carbocycles. The highest BCUT2D eigenvalue weighted by molar-refractivity contribution is 5.82. The fraction of sp³-hybridized carbons (Fsp3) is 0.438. The minimum Gasteiger partial charge on any atom is -0.497 e. The SMILES string of the molecule is COc1ccc(Cc2noc(C(C(C)=O)C(C)C)n2)cc1. The van der Waals surface area contributed by atoms with Gasteiger partial charge in [-0.15, -0.1) is 0 Å². The van der Waals surface area contributed by atoms with Crippen LogP contribution in [-0.2, 0) is 11.2 Å². The van der Waals surface area contributed by atoms with E-state index < -0.39 is 0 Å². The highest BCUT2D eigenvalue weighted by Crippen LogP contribution is 2.24. The van der Waals surface area contributed by atoms with Gasteiger partial charge in [-0.25, -0.2) is 0 Å². The molecule has 0 amide bonds. The third kappa shape index (κ3) is 3.68. The Kier molecular flexibility index (Phi) is 4.73. The van der Waals surface area contributed by atoms with Gasteiger partial charge in [0.1, 0.15) is 11.5 Å². The molecule has 0 spiro atoms. The number of aromatic nitrogens is 2. The van der Waals surface area contributed by atoms with Crippen LogP contribution < -0.4 is 4.74 Å². The molecule has 1 unspecified atom stereocenters. The van der Waals surface area contributed by atoms with Crippen molar-refractivity contribution in [2.24, 2.45) is 5.92 Å². The van der Waals surface area contributed by atoms with Crippen molar-refractivity contribution < 1.29 is 14.1 Å². The summed E-state index contributed by atoms with van der Waals surface area (Å²) >= 11 is 0. The third-order valence-electron chi connectivity index (χ3n) is 3.38. The summed E-state index contributed by atoms with van der Waals surface area (Å²) in [6, 6.07) is 7.70. The smallest absolute Gasteiger partial charge is 0.237 e. The summed E-state index contributed by atoms with van der Waals surface area (Å²) in [5.74, 6) is 1.65. The van der Waals surface area contributed by atoms with Crippen molar-refractivity contribution >= 4 is 5.78 Å². The van der Waals surface area contributed by atoms with Gasteiger partial charge < -0.3 is 9.26 Å². The standard InChI is InChI=1S/C16H20N2O3/c1-10(2)15(11(3)19)16-17-14(18-21-16)9-12-5-7-13(20-4)8-6-12/h5-8,10,15H,9H2,1-4H3. The molecule has 0 saturated carbocycles. The topological polar surface area (TPSA) is 65.2 Å². The van der Waals surface area contributed by atoms with Crippen LogP contribution in [0, 0.1) is 5.92 Å². The van der Waals surface area contributed by atoms with Gasteiger partial charge in [-0.3, -0.25) is 4.79 Å². The molecule has 0 bridgehead atoms. The molecule has 0 aliphatic rings. The first kappa shape index (κ1) is 15.2. The second-order valence-corrected chi connectivity index (χ2v) is 5.41. The molecule has 5 heteroatoms. The maximum absolute atomic E-state index is 11.7. The zero-order valence-corrected chi connectivity index (χ0v) is 12.8. The molecular formula is C16H20N2O3. The third-order valence-corrected chi connectivity index (χ3v) is 3.38. The van der Waals surface area contributed by atoms with Crippen LogP contribution in [0.1, 0.15) is 44.0 Å². The van der Waals surface area contributed by atoms with Crippen molar-refractivity contribution in [3.63, 3.8) is 0 Å². The van der Waals surface area contributed by atoms with Gasteiger partial charge in [0.15, 0.2) is 5.82 Å². The second kappa shape index (κ2) is 6.52. The Bertz CT molecular complexity index is 602. The fourth-order valence-corrected chi connectivity index (χ4v) is 2.32. The van der Waals surface area contributed by atoms with Gasteiger partial charge in [-0.1, -0.05) is 31.1 Å². The number of hydrogen-bond acceptors (Lipinski definition) is 5. The number of Topliss-reactive ketones (excluding diaryl/α,β-unsaturated/α-hetero) is 1. The summed E-state index contributed by atoms with van der Waals surface area (Å²) in [5, 5.41) is 3.97. The maximum Gasteiger partial charge on any atom is 0.237 e. The predicted molar refractivity (Wildman–Crippen MR) is 78.4 cm³/mol. The molecule has 0 aliphatic heterocycles. The number of methoxy groups -OCH3 is 1. The van der Waals surface area contributed by atoms with Crippen molar-refractivity contribution in [1.29, 1.82) is 0 Å². The largest absolute Gasteiger partial charge is 0.497 e. The monoisotopic (exact) mass is 288 g/mol. The Morgan fingerprint density at radius 2 is 1.95 bits per heavy atom. The van der Waals surface area contributed by atoms with Gasteiger partial charge in [0.25, 0.3) is 0 Å². The highest BCUT2D eigenvalue weighted by Gasteiger charge is 2.26. The molecule has 0 saturated heterocycles. The Hall–Kier alpha value is -2.17. The van der Waals surface area contributed by atoms with E-state index in [1.54, 1.807) is 14.0 Å². The molecule has 1 heterocycles. The molecule has 2 rings (SSSR count). The van der Waals surface area contributed by atoms with E-state index in [2.05, 4.69) is 10.1 Å². The first-order valence-electron chi connectivity index (χ1n) is 6.97. The molecule has 0 fully saturated rings. The normalized spacial score (nSPS) is 12.4. The first-order valence-corrected chi connectivity index (χ1v) is 6.97. The summed E-state index contributed by atoms with van der Waals surface area (Å²) < 4.78 is 10.4. The van der Waals surface area contributed by atoms with Gasteiger partial charge >= 0.3 is 0 Å².